The van der Waals surface area contributed by atoms with Crippen molar-refractivity contribution in [3.05, 3.63) is 65.9 Å². The van der Waals surface area contributed by atoms with Gasteiger partial charge in [-0.05, 0) is 24.6 Å². The third-order valence-corrected chi connectivity index (χ3v) is 4.12. The highest BCUT2D eigenvalue weighted by atomic mass is 16.4. The van der Waals surface area contributed by atoms with Gasteiger partial charge in [-0.2, -0.15) is 5.10 Å². The van der Waals surface area contributed by atoms with E-state index >= 15 is 0 Å². The second-order valence-electron chi connectivity index (χ2n) is 5.87. The van der Waals surface area contributed by atoms with Crippen LogP contribution in [0.1, 0.15) is 35.7 Å². The number of aromatic carboxylic acids is 1. The average Bonchev–Trinajstić information content (AvgIpc) is 2.98. The van der Waals surface area contributed by atoms with Gasteiger partial charge < -0.3 is 9.67 Å². The molecule has 0 fully saturated rings. The Kier molecular flexibility index (Phi) is 5.14. The molecule has 0 aliphatic carbocycles. The number of carboxylic acids is 1. The molecule has 1 aromatic heterocycles. The zero-order valence-electron chi connectivity index (χ0n) is 14.1. The van der Waals surface area contributed by atoms with Crippen LogP contribution >= 0.6 is 0 Å². The maximum Gasteiger partial charge on any atom is 0.337 e. The van der Waals surface area contributed by atoms with Gasteiger partial charge in [-0.3, -0.25) is 5.43 Å². The molecule has 128 valence electrons. The van der Waals surface area contributed by atoms with Crippen LogP contribution in [0, 0.1) is 0 Å². The van der Waals surface area contributed by atoms with Crippen molar-refractivity contribution in [2.24, 2.45) is 5.10 Å². The monoisotopic (exact) mass is 335 g/mol. The predicted molar refractivity (Wildman–Crippen MR) is 101 cm³/mol. The minimum Gasteiger partial charge on any atom is -0.478 e. The van der Waals surface area contributed by atoms with E-state index in [9.17, 15) is 9.90 Å². The summed E-state index contributed by atoms with van der Waals surface area (Å²) in [6.07, 6.45) is 6.10. The fourth-order valence-corrected chi connectivity index (χ4v) is 2.83. The van der Waals surface area contributed by atoms with E-state index in [1.54, 1.807) is 30.5 Å². The van der Waals surface area contributed by atoms with Gasteiger partial charge in [-0.1, -0.05) is 43.7 Å². The molecule has 0 radical (unpaired) electrons. The minimum atomic E-state index is -0.977. The number of carbonyl (C=O) groups is 1. The number of para-hydroxylation sites is 2. The largest absolute Gasteiger partial charge is 0.478 e. The summed E-state index contributed by atoms with van der Waals surface area (Å²) in [6, 6.07) is 15.0. The lowest BCUT2D eigenvalue weighted by atomic mass is 10.2. The Bertz CT molecular complexity index is 912. The summed E-state index contributed by atoms with van der Waals surface area (Å²) in [5, 5.41) is 14.6. The molecule has 2 N–H and O–H groups in total. The Labute approximate surface area is 146 Å². The summed E-state index contributed by atoms with van der Waals surface area (Å²) in [5.74, 6) is -0.977. The van der Waals surface area contributed by atoms with Crippen molar-refractivity contribution in [2.75, 3.05) is 5.43 Å². The molecular weight excluding hydrogens is 314 g/mol. The van der Waals surface area contributed by atoms with Gasteiger partial charge in [-0.15, -0.1) is 0 Å². The lowest BCUT2D eigenvalue weighted by Crippen LogP contribution is -2.02. The van der Waals surface area contributed by atoms with Gasteiger partial charge in [-0.25, -0.2) is 4.79 Å². The summed E-state index contributed by atoms with van der Waals surface area (Å²) in [6.45, 7) is 3.15. The number of rotatable bonds is 7. The smallest absolute Gasteiger partial charge is 0.337 e. The third kappa shape index (κ3) is 3.71. The van der Waals surface area contributed by atoms with Gasteiger partial charge in [0.2, 0.25) is 0 Å². The molecule has 0 saturated carbocycles. The maximum absolute atomic E-state index is 11.2. The van der Waals surface area contributed by atoms with E-state index < -0.39 is 5.97 Å². The summed E-state index contributed by atoms with van der Waals surface area (Å²) in [4.78, 5) is 11.2. The van der Waals surface area contributed by atoms with Gasteiger partial charge in [0, 0.05) is 29.2 Å². The van der Waals surface area contributed by atoms with Gasteiger partial charge in [0.1, 0.15) is 0 Å². The first-order valence-electron chi connectivity index (χ1n) is 8.40. The van der Waals surface area contributed by atoms with Crippen molar-refractivity contribution in [3.63, 3.8) is 0 Å². The Balaban J connectivity index is 1.86. The number of nitrogens with one attached hydrogen (secondary N) is 1. The summed E-state index contributed by atoms with van der Waals surface area (Å²) >= 11 is 0. The molecule has 3 rings (SSSR count). The molecule has 0 spiro atoms. The number of anilines is 1. The number of hydrazone groups is 1. The highest BCUT2D eigenvalue weighted by molar-refractivity contribution is 6.00. The van der Waals surface area contributed by atoms with E-state index in [1.165, 1.54) is 5.52 Å². The van der Waals surface area contributed by atoms with Crippen molar-refractivity contribution in [3.8, 4) is 0 Å². The lowest BCUT2D eigenvalue weighted by Gasteiger charge is -2.03. The molecule has 5 heteroatoms. The number of fused-ring (bicyclic) bond motifs is 1. The van der Waals surface area contributed by atoms with Gasteiger partial charge in [0.05, 0.1) is 17.5 Å². The molecule has 2 aromatic carbocycles. The Hall–Kier alpha value is -3.08. The van der Waals surface area contributed by atoms with Crippen LogP contribution in [0.15, 0.2) is 59.8 Å². The summed E-state index contributed by atoms with van der Waals surface area (Å²) in [7, 11) is 0. The maximum atomic E-state index is 11.2. The van der Waals surface area contributed by atoms with Gasteiger partial charge in [0.25, 0.3) is 0 Å². The van der Waals surface area contributed by atoms with Crippen molar-refractivity contribution >= 4 is 28.8 Å². The Morgan fingerprint density at radius 1 is 1.20 bits per heavy atom. The normalized spacial score (nSPS) is 11.2. The number of carboxylic acid groups (broad SMARTS) is 1. The Morgan fingerprint density at radius 2 is 1.96 bits per heavy atom. The highest BCUT2D eigenvalue weighted by Gasteiger charge is 2.08. The van der Waals surface area contributed by atoms with E-state index in [1.807, 2.05) is 12.1 Å². The molecule has 0 atom stereocenters. The zero-order valence-corrected chi connectivity index (χ0v) is 14.1. The highest BCUT2D eigenvalue weighted by Crippen LogP contribution is 2.21. The number of aryl methyl sites for hydroxylation is 1. The summed E-state index contributed by atoms with van der Waals surface area (Å²) in [5.41, 5.74) is 5.70. The first-order valence-corrected chi connectivity index (χ1v) is 8.40. The second-order valence-corrected chi connectivity index (χ2v) is 5.87. The topological polar surface area (TPSA) is 66.6 Å². The van der Waals surface area contributed by atoms with Crippen LogP contribution in [0.2, 0.25) is 0 Å². The van der Waals surface area contributed by atoms with Crippen LogP contribution in [-0.2, 0) is 6.54 Å². The molecule has 0 unspecified atom stereocenters. The molecule has 0 amide bonds. The van der Waals surface area contributed by atoms with E-state index in [2.05, 4.69) is 40.3 Å². The van der Waals surface area contributed by atoms with E-state index in [0.29, 0.717) is 5.69 Å². The molecule has 0 aliphatic rings. The molecule has 3 aromatic rings. The standard InChI is InChI=1S/C20H21N3O2/c1-2-3-12-23-14-15(16-8-5-7-11-19(16)23)13-21-22-18-10-6-4-9-17(18)20(24)25/h4-11,13-14,22H,2-3,12H2,1H3,(H,24,25)/b21-13+. The van der Waals surface area contributed by atoms with Crippen LogP contribution in [0.4, 0.5) is 5.69 Å². The fraction of sp³-hybridized carbons (Fsp3) is 0.200. The van der Waals surface area contributed by atoms with Crippen LogP contribution in [0.3, 0.4) is 0 Å². The van der Waals surface area contributed by atoms with Gasteiger partial charge in [0.15, 0.2) is 0 Å². The van der Waals surface area contributed by atoms with Crippen molar-refractivity contribution in [2.45, 2.75) is 26.3 Å². The van der Waals surface area contributed by atoms with E-state index in [4.69, 9.17) is 0 Å². The van der Waals surface area contributed by atoms with Crippen LogP contribution in [0.25, 0.3) is 10.9 Å². The van der Waals surface area contributed by atoms with Crippen molar-refractivity contribution in [1.29, 1.82) is 0 Å². The SMILES string of the molecule is CCCCn1cc(/C=N/Nc2ccccc2C(=O)O)c2ccccc21. The van der Waals surface area contributed by atoms with Crippen LogP contribution < -0.4 is 5.43 Å². The molecule has 25 heavy (non-hydrogen) atoms. The first-order chi connectivity index (χ1) is 12.2. The number of hydrogen-bond donors (Lipinski definition) is 2. The minimum absolute atomic E-state index is 0.199. The number of unbranched alkanes of at least 4 members (excludes halogenated alkanes) is 1. The number of benzene rings is 2. The van der Waals surface area contributed by atoms with E-state index in [-0.39, 0.29) is 5.56 Å². The number of aromatic nitrogens is 1. The fourth-order valence-electron chi connectivity index (χ4n) is 2.83. The Morgan fingerprint density at radius 3 is 2.76 bits per heavy atom. The van der Waals surface area contributed by atoms with Crippen molar-refractivity contribution < 1.29 is 9.90 Å². The molecular formula is C20H21N3O2. The van der Waals surface area contributed by atoms with Crippen LogP contribution in [-0.4, -0.2) is 21.9 Å². The number of nitrogens with zero attached hydrogens (tertiary/aromatic N) is 2. The van der Waals surface area contributed by atoms with Gasteiger partial charge >= 0.3 is 5.97 Å². The average molecular weight is 335 g/mol. The molecule has 0 bridgehead atoms. The van der Waals surface area contributed by atoms with Crippen LogP contribution in [0.5, 0.6) is 0 Å². The summed E-state index contributed by atoms with van der Waals surface area (Å²) < 4.78 is 2.24. The quantitative estimate of drug-likeness (QED) is 0.490. The number of hydrogen-bond acceptors (Lipinski definition) is 3. The molecule has 5 nitrogen and oxygen atoms in total. The molecule has 0 aliphatic heterocycles. The predicted octanol–water partition coefficient (Wildman–Crippen LogP) is 4.59. The van der Waals surface area contributed by atoms with Crippen molar-refractivity contribution in [1.82, 2.24) is 4.57 Å². The molecule has 1 heterocycles. The van der Waals surface area contributed by atoms with E-state index in [0.717, 1.165) is 30.3 Å². The second kappa shape index (κ2) is 7.66. The third-order valence-electron chi connectivity index (χ3n) is 4.12. The zero-order chi connectivity index (χ0) is 17.6. The lowest BCUT2D eigenvalue weighted by molar-refractivity contribution is 0.0698. The first kappa shape index (κ1) is 16.8. The molecule has 0 saturated heterocycles.